The smallest absolute Gasteiger partial charge is 0.272 e. The Morgan fingerprint density at radius 2 is 2.06 bits per heavy atom. The number of pyridine rings is 1. The number of rotatable bonds is 1. The lowest BCUT2D eigenvalue weighted by Crippen LogP contribution is -2.46. The molecule has 4 nitrogen and oxygen atoms in total. The molecule has 5 heteroatoms. The van der Waals surface area contributed by atoms with Crippen LogP contribution in [-0.4, -0.2) is 41.1 Å². The van der Waals surface area contributed by atoms with Crippen LogP contribution in [0.1, 0.15) is 23.3 Å². The first kappa shape index (κ1) is 10.7. The van der Waals surface area contributed by atoms with Crippen LogP contribution in [0.4, 0.5) is 4.39 Å². The van der Waals surface area contributed by atoms with Crippen molar-refractivity contribution >= 4 is 5.91 Å². The zero-order valence-electron chi connectivity index (χ0n) is 9.30. The molecule has 0 aliphatic carbocycles. The van der Waals surface area contributed by atoms with Gasteiger partial charge in [0.2, 0.25) is 5.95 Å². The van der Waals surface area contributed by atoms with Gasteiger partial charge in [-0.1, -0.05) is 6.07 Å². The second kappa shape index (κ2) is 4.07. The van der Waals surface area contributed by atoms with Crippen LogP contribution in [-0.2, 0) is 4.74 Å². The summed E-state index contributed by atoms with van der Waals surface area (Å²) in [5.41, 5.74) is 0.173. The van der Waals surface area contributed by atoms with E-state index in [9.17, 15) is 9.18 Å². The molecule has 3 rings (SSSR count). The number of carbonyl (C=O) groups is 1. The van der Waals surface area contributed by atoms with Crippen molar-refractivity contribution in [3.05, 3.63) is 29.8 Å². The largest absolute Gasteiger partial charge is 0.371 e. The summed E-state index contributed by atoms with van der Waals surface area (Å²) in [5, 5.41) is 0. The van der Waals surface area contributed by atoms with Crippen LogP contribution in [0.2, 0.25) is 0 Å². The highest BCUT2D eigenvalue weighted by atomic mass is 19.1. The van der Waals surface area contributed by atoms with Gasteiger partial charge in [0.1, 0.15) is 5.69 Å². The van der Waals surface area contributed by atoms with Crippen LogP contribution >= 0.6 is 0 Å². The molecule has 2 saturated heterocycles. The molecule has 2 fully saturated rings. The van der Waals surface area contributed by atoms with Crippen LogP contribution in [0.25, 0.3) is 0 Å². The quantitative estimate of drug-likeness (QED) is 0.689. The molecular weight excluding hydrogens is 223 g/mol. The molecule has 1 amide bonds. The molecule has 0 N–H and O–H groups in total. The van der Waals surface area contributed by atoms with Gasteiger partial charge >= 0.3 is 0 Å². The van der Waals surface area contributed by atoms with E-state index in [4.69, 9.17) is 4.74 Å². The summed E-state index contributed by atoms with van der Waals surface area (Å²) in [7, 11) is 0. The maximum absolute atomic E-state index is 13.0. The van der Waals surface area contributed by atoms with Crippen molar-refractivity contribution in [1.82, 2.24) is 9.88 Å². The maximum Gasteiger partial charge on any atom is 0.272 e. The highest BCUT2D eigenvalue weighted by Crippen LogP contribution is 2.26. The molecule has 0 aromatic carbocycles. The van der Waals surface area contributed by atoms with Crippen LogP contribution in [0.3, 0.4) is 0 Å². The van der Waals surface area contributed by atoms with Crippen molar-refractivity contribution in [3.63, 3.8) is 0 Å². The first-order valence-corrected chi connectivity index (χ1v) is 5.79. The van der Waals surface area contributed by atoms with Gasteiger partial charge in [-0.3, -0.25) is 4.79 Å². The first-order chi connectivity index (χ1) is 8.22. The number of hydrogen-bond acceptors (Lipinski definition) is 3. The Balaban J connectivity index is 1.78. The van der Waals surface area contributed by atoms with Crippen LogP contribution in [0.15, 0.2) is 18.2 Å². The molecule has 0 radical (unpaired) electrons. The lowest BCUT2D eigenvalue weighted by atomic mass is 10.2. The van der Waals surface area contributed by atoms with E-state index in [0.29, 0.717) is 13.1 Å². The van der Waals surface area contributed by atoms with Gasteiger partial charge in [-0.05, 0) is 25.0 Å². The fraction of sp³-hybridized carbons (Fsp3) is 0.500. The van der Waals surface area contributed by atoms with Crippen molar-refractivity contribution < 1.29 is 13.9 Å². The standard InChI is InChI=1S/C12H13FN2O2/c13-11-3-1-2-10(14-11)12(16)15-6-8-4-5-9(7-15)17-8/h1-3,8-9H,4-7H2. The molecule has 2 atom stereocenters. The Bertz CT molecular complexity index is 440. The van der Waals surface area contributed by atoms with Gasteiger partial charge in [0.25, 0.3) is 5.91 Å². The van der Waals surface area contributed by atoms with Gasteiger partial charge in [0.05, 0.1) is 12.2 Å². The van der Waals surface area contributed by atoms with E-state index in [1.165, 1.54) is 12.1 Å². The summed E-state index contributed by atoms with van der Waals surface area (Å²) >= 11 is 0. The van der Waals surface area contributed by atoms with E-state index in [1.807, 2.05) is 0 Å². The number of nitrogens with zero attached hydrogens (tertiary/aromatic N) is 2. The van der Waals surface area contributed by atoms with Gasteiger partial charge in [-0.15, -0.1) is 0 Å². The van der Waals surface area contributed by atoms with E-state index in [2.05, 4.69) is 4.98 Å². The molecule has 90 valence electrons. The molecule has 2 aliphatic heterocycles. The Morgan fingerprint density at radius 1 is 1.35 bits per heavy atom. The fourth-order valence-electron chi connectivity index (χ4n) is 2.47. The third-order valence-corrected chi connectivity index (χ3v) is 3.27. The average molecular weight is 236 g/mol. The summed E-state index contributed by atoms with van der Waals surface area (Å²) in [4.78, 5) is 17.4. The highest BCUT2D eigenvalue weighted by molar-refractivity contribution is 5.92. The lowest BCUT2D eigenvalue weighted by Gasteiger charge is -2.31. The molecule has 3 heterocycles. The van der Waals surface area contributed by atoms with Gasteiger partial charge in [-0.2, -0.15) is 4.39 Å². The highest BCUT2D eigenvalue weighted by Gasteiger charge is 2.36. The predicted octanol–water partition coefficient (Wildman–Crippen LogP) is 1.22. The number of likely N-dealkylation sites (tertiary alicyclic amines) is 1. The molecule has 0 spiro atoms. The van der Waals surface area contributed by atoms with Gasteiger partial charge in [0, 0.05) is 13.1 Å². The second-order valence-electron chi connectivity index (χ2n) is 4.51. The number of amides is 1. The number of fused-ring (bicyclic) bond motifs is 2. The third kappa shape index (κ3) is 2.02. The SMILES string of the molecule is O=C(c1cccc(F)n1)N1CC2CCC(C1)O2. The first-order valence-electron chi connectivity index (χ1n) is 5.79. The van der Waals surface area contributed by atoms with E-state index in [-0.39, 0.29) is 23.8 Å². The molecule has 2 aliphatic rings. The third-order valence-electron chi connectivity index (χ3n) is 3.27. The monoisotopic (exact) mass is 236 g/mol. The van der Waals surface area contributed by atoms with Crippen molar-refractivity contribution in [2.45, 2.75) is 25.0 Å². The van der Waals surface area contributed by atoms with Gasteiger partial charge in [0.15, 0.2) is 0 Å². The second-order valence-corrected chi connectivity index (χ2v) is 4.51. The number of hydrogen-bond donors (Lipinski definition) is 0. The minimum atomic E-state index is -0.618. The van der Waals surface area contributed by atoms with Gasteiger partial charge in [-0.25, -0.2) is 4.98 Å². The Labute approximate surface area is 98.4 Å². The van der Waals surface area contributed by atoms with E-state index in [0.717, 1.165) is 12.8 Å². The zero-order valence-corrected chi connectivity index (χ0v) is 9.30. The van der Waals surface area contributed by atoms with Crippen molar-refractivity contribution in [2.75, 3.05) is 13.1 Å². The molecule has 2 unspecified atom stereocenters. The normalized spacial score (nSPS) is 27.2. The summed E-state index contributed by atoms with van der Waals surface area (Å²) in [6, 6.07) is 4.28. The molecule has 1 aromatic heterocycles. The van der Waals surface area contributed by atoms with Crippen molar-refractivity contribution in [2.24, 2.45) is 0 Å². The number of carbonyl (C=O) groups excluding carboxylic acids is 1. The summed E-state index contributed by atoms with van der Waals surface area (Å²) < 4.78 is 18.6. The molecule has 17 heavy (non-hydrogen) atoms. The lowest BCUT2D eigenvalue weighted by molar-refractivity contribution is -0.0305. The van der Waals surface area contributed by atoms with Crippen LogP contribution in [0, 0.1) is 5.95 Å². The van der Waals surface area contributed by atoms with E-state index >= 15 is 0 Å². The average Bonchev–Trinajstić information content (AvgIpc) is 2.67. The molecule has 1 aromatic rings. The van der Waals surface area contributed by atoms with Gasteiger partial charge < -0.3 is 9.64 Å². The zero-order chi connectivity index (χ0) is 11.8. The van der Waals surface area contributed by atoms with Crippen molar-refractivity contribution in [3.8, 4) is 0 Å². The summed E-state index contributed by atoms with van der Waals surface area (Å²) in [6.07, 6.45) is 2.30. The fourth-order valence-corrected chi connectivity index (χ4v) is 2.47. The number of ether oxygens (including phenoxy) is 1. The summed E-state index contributed by atoms with van der Waals surface area (Å²) in [5.74, 6) is -0.822. The van der Waals surface area contributed by atoms with E-state index < -0.39 is 5.95 Å². The van der Waals surface area contributed by atoms with Crippen LogP contribution < -0.4 is 0 Å². The Kier molecular flexibility index (Phi) is 2.55. The minimum absolute atomic E-state index is 0.145. The predicted molar refractivity (Wildman–Crippen MR) is 58.0 cm³/mol. The van der Waals surface area contributed by atoms with E-state index in [1.54, 1.807) is 11.0 Å². The molecular formula is C12H13FN2O2. The minimum Gasteiger partial charge on any atom is -0.371 e. The Morgan fingerprint density at radius 3 is 2.71 bits per heavy atom. The number of halogens is 1. The van der Waals surface area contributed by atoms with Crippen molar-refractivity contribution in [1.29, 1.82) is 0 Å². The Hall–Kier alpha value is -1.49. The number of aromatic nitrogens is 1. The maximum atomic E-state index is 13.0. The topological polar surface area (TPSA) is 42.4 Å². The summed E-state index contributed by atoms with van der Waals surface area (Å²) in [6.45, 7) is 1.18. The number of morpholine rings is 1. The van der Waals surface area contributed by atoms with Crippen LogP contribution in [0.5, 0.6) is 0 Å². The molecule has 2 bridgehead atoms. The molecule has 0 saturated carbocycles.